The molecule has 202 valence electrons. The molecule has 2 N–H and O–H groups in total. The van der Waals surface area contributed by atoms with Gasteiger partial charge in [-0.3, -0.25) is 39.0 Å². The Morgan fingerprint density at radius 3 is 2.38 bits per heavy atom. The molecule has 2 aromatic rings. The van der Waals surface area contributed by atoms with E-state index in [1.165, 1.54) is 6.07 Å². The molecule has 0 radical (unpaired) electrons. The fraction of sp³-hybridized carbons (Fsp3) is 0.357. The second kappa shape index (κ2) is 11.1. The minimum atomic E-state index is -1.06. The maximum Gasteiger partial charge on any atom is 0.309 e. The lowest BCUT2D eigenvalue weighted by molar-refractivity contribution is -0.152. The molecule has 3 aliphatic rings. The molecule has 5 rings (SSSR count). The maximum atomic E-state index is 13.2. The van der Waals surface area contributed by atoms with Crippen molar-refractivity contribution < 1.29 is 33.5 Å². The van der Waals surface area contributed by atoms with Crippen LogP contribution >= 0.6 is 0 Å². The molecule has 1 unspecified atom stereocenters. The molecule has 3 heterocycles. The Hall–Kier alpha value is -4.54. The van der Waals surface area contributed by atoms with E-state index in [1.54, 1.807) is 17.0 Å². The maximum absolute atomic E-state index is 13.2. The van der Waals surface area contributed by atoms with E-state index in [0.717, 1.165) is 10.5 Å². The number of imide groups is 2. The summed E-state index contributed by atoms with van der Waals surface area (Å²) < 4.78 is 5.43. The minimum absolute atomic E-state index is 0.0326. The zero-order chi connectivity index (χ0) is 27.5. The Balaban J connectivity index is 1.15. The minimum Gasteiger partial charge on any atom is -0.461 e. The van der Waals surface area contributed by atoms with E-state index in [1.807, 2.05) is 30.3 Å². The molecular weight excluding hydrogens is 504 g/mol. The summed E-state index contributed by atoms with van der Waals surface area (Å²) in [5, 5.41) is 5.14. The van der Waals surface area contributed by atoms with Gasteiger partial charge in [0.25, 0.3) is 11.8 Å². The molecular formula is C28H28N4O7. The van der Waals surface area contributed by atoms with Crippen molar-refractivity contribution in [2.45, 2.75) is 38.3 Å². The number of carbonyl (C=O) groups is 6. The van der Waals surface area contributed by atoms with Crippen LogP contribution in [0, 0.1) is 5.92 Å². The average Bonchev–Trinajstić information content (AvgIpc) is 3.21. The van der Waals surface area contributed by atoms with Gasteiger partial charge in [-0.1, -0.05) is 36.4 Å². The van der Waals surface area contributed by atoms with Gasteiger partial charge in [0.05, 0.1) is 23.6 Å². The molecule has 3 aliphatic heterocycles. The van der Waals surface area contributed by atoms with Crippen LogP contribution in [0.1, 0.15) is 52.0 Å². The molecule has 1 atom stereocenters. The number of likely N-dealkylation sites (tertiary alicyclic amines) is 1. The van der Waals surface area contributed by atoms with Gasteiger partial charge in [-0.2, -0.15) is 0 Å². The van der Waals surface area contributed by atoms with Crippen LogP contribution in [0.5, 0.6) is 0 Å². The zero-order valence-electron chi connectivity index (χ0n) is 21.2. The fourth-order valence-electron chi connectivity index (χ4n) is 5.16. The van der Waals surface area contributed by atoms with E-state index < -0.39 is 29.7 Å². The monoisotopic (exact) mass is 532 g/mol. The van der Waals surface area contributed by atoms with Gasteiger partial charge >= 0.3 is 5.97 Å². The van der Waals surface area contributed by atoms with Gasteiger partial charge in [-0.05, 0) is 37.0 Å². The van der Waals surface area contributed by atoms with Crippen molar-refractivity contribution in [1.82, 2.24) is 15.1 Å². The van der Waals surface area contributed by atoms with Crippen LogP contribution in [-0.2, 0) is 30.5 Å². The quantitative estimate of drug-likeness (QED) is 0.403. The smallest absolute Gasteiger partial charge is 0.309 e. The Kier molecular flexibility index (Phi) is 7.40. The van der Waals surface area contributed by atoms with Gasteiger partial charge < -0.3 is 15.0 Å². The predicted molar refractivity (Wildman–Crippen MR) is 137 cm³/mol. The Bertz CT molecular complexity index is 1330. The number of amides is 5. The summed E-state index contributed by atoms with van der Waals surface area (Å²) in [6.45, 7) is 0.907. The first-order valence-corrected chi connectivity index (χ1v) is 12.9. The van der Waals surface area contributed by atoms with Crippen LogP contribution in [-0.4, -0.2) is 71.0 Å². The Morgan fingerprint density at radius 1 is 0.923 bits per heavy atom. The Labute approximate surface area is 224 Å². The second-order valence-electron chi connectivity index (χ2n) is 9.78. The van der Waals surface area contributed by atoms with E-state index in [2.05, 4.69) is 10.6 Å². The summed E-state index contributed by atoms with van der Waals surface area (Å²) in [5.41, 5.74) is 1.46. The molecule has 11 nitrogen and oxygen atoms in total. The molecule has 2 aromatic carbocycles. The van der Waals surface area contributed by atoms with Gasteiger partial charge in [-0.25, -0.2) is 0 Å². The summed E-state index contributed by atoms with van der Waals surface area (Å²) in [6.07, 6.45) is 1.08. The van der Waals surface area contributed by atoms with Crippen molar-refractivity contribution in [1.29, 1.82) is 0 Å². The van der Waals surface area contributed by atoms with Gasteiger partial charge in [0, 0.05) is 25.2 Å². The number of hydrogen-bond donors (Lipinski definition) is 2. The molecule has 0 bridgehead atoms. The van der Waals surface area contributed by atoms with Crippen LogP contribution in [0.2, 0.25) is 0 Å². The molecule has 2 fully saturated rings. The standard InChI is InChI=1S/C28H28N4O7/c33-22-10-9-21(25(35)30-22)32-26(36)19-7-4-8-20(24(19)27(32)37)29-15-23(34)31-13-11-18(12-14-31)28(38)39-16-17-5-2-1-3-6-17/h1-8,18,21,29H,9-16H2,(H,30,33,35). The summed E-state index contributed by atoms with van der Waals surface area (Å²) in [7, 11) is 0. The van der Waals surface area contributed by atoms with Crippen LogP contribution < -0.4 is 10.6 Å². The molecule has 0 spiro atoms. The summed E-state index contributed by atoms with van der Waals surface area (Å²) in [5.74, 6) is -3.13. The van der Waals surface area contributed by atoms with E-state index in [9.17, 15) is 28.8 Å². The average molecular weight is 533 g/mol. The van der Waals surface area contributed by atoms with E-state index in [-0.39, 0.29) is 54.9 Å². The van der Waals surface area contributed by atoms with Gasteiger partial charge in [0.1, 0.15) is 12.6 Å². The van der Waals surface area contributed by atoms with Crippen molar-refractivity contribution in [2.75, 3.05) is 25.0 Å². The highest BCUT2D eigenvalue weighted by Crippen LogP contribution is 2.32. The third-order valence-electron chi connectivity index (χ3n) is 7.30. The third-order valence-corrected chi connectivity index (χ3v) is 7.30. The summed E-state index contributed by atoms with van der Waals surface area (Å²) in [6, 6.07) is 13.1. The fourth-order valence-corrected chi connectivity index (χ4v) is 5.16. The molecule has 0 saturated carbocycles. The first-order chi connectivity index (χ1) is 18.8. The molecule has 2 saturated heterocycles. The van der Waals surface area contributed by atoms with Crippen LogP contribution in [0.4, 0.5) is 5.69 Å². The third kappa shape index (κ3) is 5.38. The topological polar surface area (TPSA) is 142 Å². The second-order valence-corrected chi connectivity index (χ2v) is 9.78. The van der Waals surface area contributed by atoms with Crippen molar-refractivity contribution >= 4 is 41.2 Å². The number of piperidine rings is 2. The highest BCUT2D eigenvalue weighted by Gasteiger charge is 2.45. The zero-order valence-corrected chi connectivity index (χ0v) is 21.2. The first kappa shape index (κ1) is 26.1. The van der Waals surface area contributed by atoms with E-state index >= 15 is 0 Å². The van der Waals surface area contributed by atoms with Gasteiger partial charge in [-0.15, -0.1) is 0 Å². The van der Waals surface area contributed by atoms with E-state index in [4.69, 9.17) is 4.74 Å². The summed E-state index contributed by atoms with van der Waals surface area (Å²) >= 11 is 0. The largest absolute Gasteiger partial charge is 0.461 e. The van der Waals surface area contributed by atoms with Crippen LogP contribution in [0.25, 0.3) is 0 Å². The van der Waals surface area contributed by atoms with Crippen LogP contribution in [0.15, 0.2) is 48.5 Å². The SMILES string of the molecule is O=C1CCC(N2C(=O)c3cccc(NCC(=O)N4CCC(C(=O)OCc5ccccc5)CC4)c3C2=O)C(=O)N1. The number of nitrogens with one attached hydrogen (secondary N) is 2. The number of nitrogens with zero attached hydrogens (tertiary/aromatic N) is 2. The number of esters is 1. The highest BCUT2D eigenvalue weighted by molar-refractivity contribution is 6.25. The Morgan fingerprint density at radius 2 is 1.67 bits per heavy atom. The first-order valence-electron chi connectivity index (χ1n) is 12.9. The number of ether oxygens (including phenoxy) is 1. The normalized spacial score (nSPS) is 19.5. The van der Waals surface area contributed by atoms with Crippen molar-refractivity contribution in [3.63, 3.8) is 0 Å². The lowest BCUT2D eigenvalue weighted by atomic mass is 9.97. The number of fused-ring (bicyclic) bond motifs is 1. The molecule has 39 heavy (non-hydrogen) atoms. The predicted octanol–water partition coefficient (Wildman–Crippen LogP) is 1.48. The number of anilines is 1. The lowest BCUT2D eigenvalue weighted by Gasteiger charge is -2.31. The molecule has 5 amide bonds. The number of hydrogen-bond acceptors (Lipinski definition) is 8. The molecule has 0 aliphatic carbocycles. The van der Waals surface area contributed by atoms with E-state index in [0.29, 0.717) is 31.6 Å². The number of carbonyl (C=O) groups excluding carboxylic acids is 6. The van der Waals surface area contributed by atoms with Crippen molar-refractivity contribution in [2.24, 2.45) is 5.92 Å². The highest BCUT2D eigenvalue weighted by atomic mass is 16.5. The van der Waals surface area contributed by atoms with Crippen LogP contribution in [0.3, 0.4) is 0 Å². The number of benzene rings is 2. The lowest BCUT2D eigenvalue weighted by Crippen LogP contribution is -2.54. The van der Waals surface area contributed by atoms with Crippen molar-refractivity contribution in [3.8, 4) is 0 Å². The van der Waals surface area contributed by atoms with Crippen molar-refractivity contribution in [3.05, 3.63) is 65.2 Å². The summed E-state index contributed by atoms with van der Waals surface area (Å²) in [4.78, 5) is 77.9. The molecule has 0 aromatic heterocycles. The number of rotatable bonds is 7. The van der Waals surface area contributed by atoms with Gasteiger partial charge in [0.2, 0.25) is 17.7 Å². The molecule has 11 heteroatoms. The van der Waals surface area contributed by atoms with Gasteiger partial charge in [0.15, 0.2) is 0 Å².